The summed E-state index contributed by atoms with van der Waals surface area (Å²) in [6.45, 7) is 2.51. The molecule has 0 fully saturated rings. The molecule has 1 amide bonds. The molecule has 0 bridgehead atoms. The molecule has 0 saturated carbocycles. The van der Waals surface area contributed by atoms with Gasteiger partial charge in [-0.25, -0.2) is 4.98 Å². The average molecular weight is 296 g/mol. The lowest BCUT2D eigenvalue weighted by Crippen LogP contribution is -2.19. The summed E-state index contributed by atoms with van der Waals surface area (Å²) in [6.07, 6.45) is 1.64. The van der Waals surface area contributed by atoms with E-state index in [0.717, 1.165) is 16.3 Å². The van der Waals surface area contributed by atoms with Crippen LogP contribution in [0, 0.1) is 6.92 Å². The van der Waals surface area contributed by atoms with Gasteiger partial charge in [0.1, 0.15) is 9.34 Å². The summed E-state index contributed by atoms with van der Waals surface area (Å²) < 4.78 is 0.674. The fraction of sp³-hybridized carbons (Fsp3) is 0.231. The lowest BCUT2D eigenvalue weighted by Gasteiger charge is -2.11. The molecule has 0 saturated heterocycles. The van der Waals surface area contributed by atoms with Crippen LogP contribution in [0.1, 0.15) is 20.9 Å². The molecule has 2 aromatic rings. The highest BCUT2D eigenvalue weighted by atomic mass is 35.5. The molecular weight excluding hydrogens is 282 g/mol. The van der Waals surface area contributed by atoms with E-state index in [2.05, 4.69) is 15.6 Å². The van der Waals surface area contributed by atoms with Crippen LogP contribution in [0.4, 0.5) is 5.69 Å². The van der Waals surface area contributed by atoms with Gasteiger partial charge in [-0.1, -0.05) is 17.7 Å². The second-order valence-corrected chi connectivity index (χ2v) is 5.72. The van der Waals surface area contributed by atoms with Crippen LogP contribution in [0.5, 0.6) is 0 Å². The number of halogens is 1. The van der Waals surface area contributed by atoms with Gasteiger partial charge in [-0.3, -0.25) is 4.79 Å². The Morgan fingerprint density at radius 2 is 2.26 bits per heavy atom. The van der Waals surface area contributed by atoms with Crippen LogP contribution in [0.3, 0.4) is 0 Å². The Hall–Kier alpha value is -1.59. The Morgan fingerprint density at radius 3 is 2.89 bits per heavy atom. The zero-order valence-corrected chi connectivity index (χ0v) is 12.2. The van der Waals surface area contributed by atoms with Crippen molar-refractivity contribution in [3.05, 3.63) is 44.9 Å². The van der Waals surface area contributed by atoms with Gasteiger partial charge in [-0.2, -0.15) is 0 Å². The second kappa shape index (κ2) is 6.04. The van der Waals surface area contributed by atoms with Gasteiger partial charge in [0.15, 0.2) is 0 Å². The standard InChI is InChI=1S/C13H14ClN3OS/c1-8-9(13(18)15-2)4-3-5-10(8)16-7-12-17-6-11(14)19-12/h3-6,16H,7H2,1-2H3,(H,15,18). The lowest BCUT2D eigenvalue weighted by atomic mass is 10.1. The van der Waals surface area contributed by atoms with E-state index >= 15 is 0 Å². The van der Waals surface area contributed by atoms with E-state index in [-0.39, 0.29) is 5.91 Å². The number of nitrogens with zero attached hydrogens (tertiary/aromatic N) is 1. The average Bonchev–Trinajstić information content (AvgIpc) is 2.82. The molecule has 0 aliphatic carbocycles. The number of carbonyl (C=O) groups excluding carboxylic acids is 1. The summed E-state index contributed by atoms with van der Waals surface area (Å²) in [4.78, 5) is 15.9. The Bertz CT molecular complexity index is 597. The molecule has 1 heterocycles. The van der Waals surface area contributed by atoms with Crippen molar-refractivity contribution in [3.8, 4) is 0 Å². The molecule has 6 heteroatoms. The highest BCUT2D eigenvalue weighted by molar-refractivity contribution is 7.15. The van der Waals surface area contributed by atoms with Gasteiger partial charge < -0.3 is 10.6 Å². The van der Waals surface area contributed by atoms with Gasteiger partial charge in [-0.05, 0) is 24.6 Å². The molecule has 0 radical (unpaired) electrons. The minimum atomic E-state index is -0.0848. The van der Waals surface area contributed by atoms with Crippen molar-refractivity contribution in [3.63, 3.8) is 0 Å². The number of nitrogens with one attached hydrogen (secondary N) is 2. The maximum atomic E-state index is 11.7. The quantitative estimate of drug-likeness (QED) is 0.911. The molecule has 1 aromatic heterocycles. The third-order valence-corrected chi connectivity index (χ3v) is 3.88. The molecule has 0 unspecified atom stereocenters. The summed E-state index contributed by atoms with van der Waals surface area (Å²) in [5.74, 6) is -0.0848. The fourth-order valence-corrected chi connectivity index (χ4v) is 2.64. The molecule has 100 valence electrons. The van der Waals surface area contributed by atoms with E-state index in [4.69, 9.17) is 11.6 Å². The summed E-state index contributed by atoms with van der Waals surface area (Å²) in [5.41, 5.74) is 2.52. The minimum absolute atomic E-state index is 0.0848. The largest absolute Gasteiger partial charge is 0.378 e. The molecule has 2 rings (SSSR count). The van der Waals surface area contributed by atoms with Gasteiger partial charge in [-0.15, -0.1) is 11.3 Å². The first-order valence-electron chi connectivity index (χ1n) is 5.77. The third-order valence-electron chi connectivity index (χ3n) is 2.76. The van der Waals surface area contributed by atoms with Crippen molar-refractivity contribution in [2.24, 2.45) is 0 Å². The number of amides is 1. The Labute approximate surface area is 120 Å². The molecule has 2 N–H and O–H groups in total. The summed E-state index contributed by atoms with van der Waals surface area (Å²) >= 11 is 7.27. The molecular formula is C13H14ClN3OS. The number of thiazole rings is 1. The van der Waals surface area contributed by atoms with Gasteiger partial charge in [0.05, 0.1) is 12.7 Å². The van der Waals surface area contributed by atoms with E-state index in [1.54, 1.807) is 19.3 Å². The Balaban J connectivity index is 2.14. The first-order chi connectivity index (χ1) is 9.11. The summed E-state index contributed by atoms with van der Waals surface area (Å²) in [5, 5.41) is 6.81. The Morgan fingerprint density at radius 1 is 1.47 bits per heavy atom. The van der Waals surface area contributed by atoms with Crippen LogP contribution in [0.15, 0.2) is 24.4 Å². The highest BCUT2D eigenvalue weighted by Crippen LogP contribution is 2.22. The van der Waals surface area contributed by atoms with Crippen molar-refractivity contribution in [1.29, 1.82) is 0 Å². The van der Waals surface area contributed by atoms with Crippen molar-refractivity contribution >= 4 is 34.5 Å². The number of aromatic nitrogens is 1. The van der Waals surface area contributed by atoms with Crippen LogP contribution >= 0.6 is 22.9 Å². The van der Waals surface area contributed by atoms with Crippen molar-refractivity contribution < 1.29 is 4.79 Å². The summed E-state index contributed by atoms with van der Waals surface area (Å²) in [6, 6.07) is 5.60. The molecule has 19 heavy (non-hydrogen) atoms. The Kier molecular flexibility index (Phi) is 4.39. The molecule has 0 atom stereocenters. The van der Waals surface area contributed by atoms with Crippen LogP contribution in [-0.4, -0.2) is 17.9 Å². The maximum Gasteiger partial charge on any atom is 0.251 e. The maximum absolute atomic E-state index is 11.7. The van der Waals surface area contributed by atoms with Crippen LogP contribution < -0.4 is 10.6 Å². The van der Waals surface area contributed by atoms with Gasteiger partial charge in [0.2, 0.25) is 0 Å². The molecule has 0 spiro atoms. The first kappa shape index (κ1) is 13.8. The van der Waals surface area contributed by atoms with Crippen molar-refractivity contribution in [2.45, 2.75) is 13.5 Å². The highest BCUT2D eigenvalue weighted by Gasteiger charge is 2.10. The summed E-state index contributed by atoms with van der Waals surface area (Å²) in [7, 11) is 1.62. The van der Waals surface area contributed by atoms with E-state index in [1.807, 2.05) is 19.1 Å². The van der Waals surface area contributed by atoms with Crippen LogP contribution in [0.2, 0.25) is 4.34 Å². The van der Waals surface area contributed by atoms with E-state index < -0.39 is 0 Å². The van der Waals surface area contributed by atoms with Crippen LogP contribution in [-0.2, 0) is 6.54 Å². The van der Waals surface area contributed by atoms with Gasteiger partial charge >= 0.3 is 0 Å². The predicted molar refractivity (Wildman–Crippen MR) is 79.0 cm³/mol. The number of anilines is 1. The number of benzene rings is 1. The first-order valence-corrected chi connectivity index (χ1v) is 6.97. The number of hydrogen-bond acceptors (Lipinski definition) is 4. The predicted octanol–water partition coefficient (Wildman–Crippen LogP) is 3.08. The molecule has 1 aromatic carbocycles. The number of rotatable bonds is 4. The zero-order valence-electron chi connectivity index (χ0n) is 10.7. The minimum Gasteiger partial charge on any atom is -0.378 e. The lowest BCUT2D eigenvalue weighted by molar-refractivity contribution is 0.0962. The van der Waals surface area contributed by atoms with Gasteiger partial charge in [0, 0.05) is 18.3 Å². The van der Waals surface area contributed by atoms with E-state index in [0.29, 0.717) is 16.4 Å². The van der Waals surface area contributed by atoms with Crippen molar-refractivity contribution in [2.75, 3.05) is 12.4 Å². The molecule has 0 aliphatic rings. The smallest absolute Gasteiger partial charge is 0.251 e. The molecule has 4 nitrogen and oxygen atoms in total. The zero-order chi connectivity index (χ0) is 13.8. The van der Waals surface area contributed by atoms with E-state index in [1.165, 1.54) is 11.3 Å². The normalized spacial score (nSPS) is 10.3. The van der Waals surface area contributed by atoms with Gasteiger partial charge in [0.25, 0.3) is 5.91 Å². The number of hydrogen-bond donors (Lipinski definition) is 2. The fourth-order valence-electron chi connectivity index (χ4n) is 1.75. The monoisotopic (exact) mass is 295 g/mol. The topological polar surface area (TPSA) is 54.0 Å². The third kappa shape index (κ3) is 3.24. The van der Waals surface area contributed by atoms with Crippen LogP contribution in [0.25, 0.3) is 0 Å². The van der Waals surface area contributed by atoms with Crippen molar-refractivity contribution in [1.82, 2.24) is 10.3 Å². The second-order valence-electron chi connectivity index (χ2n) is 3.97. The SMILES string of the molecule is CNC(=O)c1cccc(NCc2ncc(Cl)s2)c1C. The van der Waals surface area contributed by atoms with E-state index in [9.17, 15) is 4.79 Å². The number of carbonyl (C=O) groups is 1. The molecule has 0 aliphatic heterocycles.